The Labute approximate surface area is 123 Å². The van der Waals surface area contributed by atoms with Gasteiger partial charge in [-0.3, -0.25) is 4.57 Å². The number of rotatable bonds is 2. The number of pyridine rings is 1. The summed E-state index contributed by atoms with van der Waals surface area (Å²) in [4.78, 5) is 20.1. The van der Waals surface area contributed by atoms with Crippen molar-refractivity contribution in [1.29, 1.82) is 0 Å². The Morgan fingerprint density at radius 2 is 2.15 bits per heavy atom. The van der Waals surface area contributed by atoms with Gasteiger partial charge in [-0.2, -0.15) is 0 Å². The number of carbonyl (C=O) groups is 1. The molecule has 3 rings (SSSR count). The lowest BCUT2D eigenvalue weighted by Gasteiger charge is -2.04. The summed E-state index contributed by atoms with van der Waals surface area (Å²) in [5, 5.41) is 0. The summed E-state index contributed by atoms with van der Waals surface area (Å²) in [5.41, 5.74) is 2.67. The molecule has 0 spiro atoms. The third-order valence-electron chi connectivity index (χ3n) is 2.90. The van der Waals surface area contributed by atoms with Gasteiger partial charge in [-0.15, -0.1) is 0 Å². The largest absolute Gasteiger partial charge is 0.465 e. The Kier molecular flexibility index (Phi) is 3.23. The van der Waals surface area contributed by atoms with Crippen molar-refractivity contribution in [3.63, 3.8) is 0 Å². The minimum absolute atomic E-state index is 0.388. The lowest BCUT2D eigenvalue weighted by Crippen LogP contribution is -2.02. The smallest absolute Gasteiger partial charge is 0.339 e. The lowest BCUT2D eigenvalue weighted by molar-refractivity contribution is 0.0600. The fourth-order valence-corrected chi connectivity index (χ4v) is 2.33. The first-order valence-electron chi connectivity index (χ1n) is 5.86. The van der Waals surface area contributed by atoms with Crippen LogP contribution in [0.1, 0.15) is 10.4 Å². The van der Waals surface area contributed by atoms with Crippen molar-refractivity contribution >= 4 is 33.1 Å². The molecule has 0 atom stereocenters. The predicted octanol–water partition coefficient (Wildman–Crippen LogP) is 2.97. The average Bonchev–Trinajstić information content (AvgIpc) is 2.89. The van der Waals surface area contributed by atoms with Crippen molar-refractivity contribution in [3.05, 3.63) is 52.9 Å². The topological polar surface area (TPSA) is 57.0 Å². The van der Waals surface area contributed by atoms with Crippen LogP contribution in [-0.4, -0.2) is 27.6 Å². The van der Waals surface area contributed by atoms with Gasteiger partial charge in [-0.25, -0.2) is 14.8 Å². The number of ether oxygens (including phenoxy) is 1. The lowest BCUT2D eigenvalue weighted by atomic mass is 10.2. The van der Waals surface area contributed by atoms with Crippen LogP contribution >= 0.6 is 15.9 Å². The van der Waals surface area contributed by atoms with Gasteiger partial charge >= 0.3 is 5.97 Å². The van der Waals surface area contributed by atoms with Crippen molar-refractivity contribution in [1.82, 2.24) is 14.5 Å². The van der Waals surface area contributed by atoms with Gasteiger partial charge in [0.25, 0.3) is 0 Å². The van der Waals surface area contributed by atoms with Crippen LogP contribution in [0.25, 0.3) is 16.9 Å². The van der Waals surface area contributed by atoms with Gasteiger partial charge < -0.3 is 4.74 Å². The van der Waals surface area contributed by atoms with E-state index < -0.39 is 5.97 Å². The van der Waals surface area contributed by atoms with Crippen molar-refractivity contribution in [3.8, 4) is 5.69 Å². The monoisotopic (exact) mass is 331 g/mol. The maximum Gasteiger partial charge on any atom is 0.339 e. The first-order valence-corrected chi connectivity index (χ1v) is 6.65. The highest BCUT2D eigenvalue weighted by atomic mass is 79.9. The van der Waals surface area contributed by atoms with E-state index in [1.165, 1.54) is 13.3 Å². The van der Waals surface area contributed by atoms with Gasteiger partial charge in [-0.1, -0.05) is 22.0 Å². The zero-order valence-electron chi connectivity index (χ0n) is 10.6. The molecule has 0 fully saturated rings. The van der Waals surface area contributed by atoms with Crippen LogP contribution in [0.5, 0.6) is 0 Å². The SMILES string of the molecule is COC(=O)c1cnc2c(c1)ncn2-c1cccc(Br)c1. The Morgan fingerprint density at radius 3 is 2.90 bits per heavy atom. The molecule has 20 heavy (non-hydrogen) atoms. The number of hydrogen-bond acceptors (Lipinski definition) is 4. The standard InChI is InChI=1S/C14H10BrN3O2/c1-20-14(19)9-5-12-13(16-7-9)18(8-17-12)11-4-2-3-10(15)6-11/h2-8H,1H3. The fraction of sp³-hybridized carbons (Fsp3) is 0.0714. The highest BCUT2D eigenvalue weighted by molar-refractivity contribution is 9.10. The molecule has 2 aromatic heterocycles. The van der Waals surface area contributed by atoms with Gasteiger partial charge in [0.2, 0.25) is 0 Å². The number of fused-ring (bicyclic) bond motifs is 1. The van der Waals surface area contributed by atoms with E-state index in [4.69, 9.17) is 0 Å². The second-order valence-corrected chi connectivity index (χ2v) is 5.07. The zero-order valence-corrected chi connectivity index (χ0v) is 12.2. The number of esters is 1. The van der Waals surface area contributed by atoms with Gasteiger partial charge in [0.05, 0.1) is 12.7 Å². The minimum Gasteiger partial charge on any atom is -0.465 e. The number of nitrogens with zero attached hydrogens (tertiary/aromatic N) is 3. The molecule has 0 saturated carbocycles. The van der Waals surface area contributed by atoms with E-state index in [1.807, 2.05) is 28.8 Å². The van der Waals surface area contributed by atoms with Gasteiger partial charge in [0.15, 0.2) is 5.65 Å². The van der Waals surface area contributed by atoms with Crippen molar-refractivity contribution in [2.24, 2.45) is 0 Å². The van der Waals surface area contributed by atoms with Crippen molar-refractivity contribution < 1.29 is 9.53 Å². The molecule has 6 heteroatoms. The maximum absolute atomic E-state index is 11.5. The number of carbonyl (C=O) groups excluding carboxylic acids is 1. The molecule has 0 unspecified atom stereocenters. The van der Waals surface area contributed by atoms with Crippen LogP contribution < -0.4 is 0 Å². The normalized spacial score (nSPS) is 10.7. The molecule has 100 valence electrons. The highest BCUT2D eigenvalue weighted by Gasteiger charge is 2.11. The van der Waals surface area contributed by atoms with E-state index >= 15 is 0 Å². The van der Waals surface area contributed by atoms with Gasteiger partial charge in [-0.05, 0) is 24.3 Å². The molecule has 0 amide bonds. The molecule has 0 saturated heterocycles. The second-order valence-electron chi connectivity index (χ2n) is 4.15. The van der Waals surface area contributed by atoms with Crippen LogP contribution in [0, 0.1) is 0 Å². The molecule has 2 heterocycles. The van der Waals surface area contributed by atoms with Crippen molar-refractivity contribution in [2.75, 3.05) is 7.11 Å². The zero-order chi connectivity index (χ0) is 14.1. The molecule has 0 aliphatic heterocycles. The van der Waals surface area contributed by atoms with Crippen LogP contribution in [-0.2, 0) is 4.74 Å². The molecule has 5 nitrogen and oxygen atoms in total. The Hall–Kier alpha value is -2.21. The first kappa shape index (κ1) is 12.8. The predicted molar refractivity (Wildman–Crippen MR) is 77.9 cm³/mol. The summed E-state index contributed by atoms with van der Waals surface area (Å²) < 4.78 is 7.51. The Balaban J connectivity index is 2.13. The van der Waals surface area contributed by atoms with Crippen molar-refractivity contribution in [2.45, 2.75) is 0 Å². The molecule has 0 radical (unpaired) electrons. The first-order chi connectivity index (χ1) is 9.69. The van der Waals surface area contributed by atoms with E-state index in [0.717, 1.165) is 10.2 Å². The molecular weight excluding hydrogens is 322 g/mol. The third kappa shape index (κ3) is 2.18. The quantitative estimate of drug-likeness (QED) is 0.677. The third-order valence-corrected chi connectivity index (χ3v) is 3.39. The van der Waals surface area contributed by atoms with Crippen LogP contribution in [0.15, 0.2) is 47.3 Å². The molecular formula is C14H10BrN3O2. The summed E-state index contributed by atoms with van der Waals surface area (Å²) in [5.74, 6) is -0.420. The van der Waals surface area contributed by atoms with E-state index in [0.29, 0.717) is 16.7 Å². The Bertz CT molecular complexity index is 798. The highest BCUT2D eigenvalue weighted by Crippen LogP contribution is 2.20. The van der Waals surface area contributed by atoms with Gasteiger partial charge in [0, 0.05) is 16.4 Å². The summed E-state index contributed by atoms with van der Waals surface area (Å²) in [6, 6.07) is 9.49. The number of aromatic nitrogens is 3. The van der Waals surface area contributed by atoms with Crippen LogP contribution in [0.2, 0.25) is 0 Å². The maximum atomic E-state index is 11.5. The number of halogens is 1. The molecule has 3 aromatic rings. The fourth-order valence-electron chi connectivity index (χ4n) is 1.95. The molecule has 1 aromatic carbocycles. The molecule has 0 aliphatic rings. The average molecular weight is 332 g/mol. The van der Waals surface area contributed by atoms with E-state index in [-0.39, 0.29) is 0 Å². The molecule has 0 N–H and O–H groups in total. The van der Waals surface area contributed by atoms with Gasteiger partial charge in [0.1, 0.15) is 11.8 Å². The Morgan fingerprint density at radius 1 is 1.30 bits per heavy atom. The summed E-state index contributed by atoms with van der Waals surface area (Å²) in [7, 11) is 1.34. The second kappa shape index (κ2) is 5.05. The minimum atomic E-state index is -0.420. The van der Waals surface area contributed by atoms with E-state index in [1.54, 1.807) is 12.4 Å². The molecule has 0 bridgehead atoms. The van der Waals surface area contributed by atoms with Crippen LogP contribution in [0.4, 0.5) is 0 Å². The summed E-state index contributed by atoms with van der Waals surface area (Å²) in [6.07, 6.45) is 3.17. The number of methoxy groups -OCH3 is 1. The summed E-state index contributed by atoms with van der Waals surface area (Å²) in [6.45, 7) is 0. The molecule has 0 aliphatic carbocycles. The van der Waals surface area contributed by atoms with E-state index in [2.05, 4.69) is 30.6 Å². The van der Waals surface area contributed by atoms with E-state index in [9.17, 15) is 4.79 Å². The van der Waals surface area contributed by atoms with Crippen LogP contribution in [0.3, 0.4) is 0 Å². The number of hydrogen-bond donors (Lipinski definition) is 0. The summed E-state index contributed by atoms with van der Waals surface area (Å²) >= 11 is 3.44. The number of imidazole rings is 1. The number of benzene rings is 1.